The number of anilines is 3. The van der Waals surface area contributed by atoms with E-state index in [4.69, 9.17) is 49.9 Å². The highest BCUT2D eigenvalue weighted by molar-refractivity contribution is 8.55. The average molecular weight is 1170 g/mol. The van der Waals surface area contributed by atoms with Gasteiger partial charge in [-0.05, 0) is 11.4 Å². The fourth-order valence-electron chi connectivity index (χ4n) is 8.98. The summed E-state index contributed by atoms with van der Waals surface area (Å²) < 4.78 is 107. The van der Waals surface area contributed by atoms with Gasteiger partial charge in [-0.2, -0.15) is 13.6 Å². The minimum atomic E-state index is -6.09. The summed E-state index contributed by atoms with van der Waals surface area (Å²) in [6.45, 7) is -7.78. The Hall–Kier alpha value is -4.72. The van der Waals surface area contributed by atoms with E-state index in [0.717, 1.165) is 30.7 Å². The van der Waals surface area contributed by atoms with E-state index in [2.05, 4.69) is 48.5 Å². The number of rotatable bonds is 20. The number of phosphoric ester groups is 1. The lowest BCUT2D eigenvalue weighted by Gasteiger charge is -2.28. The summed E-state index contributed by atoms with van der Waals surface area (Å²) in [6.07, 6.45) is -10.8. The van der Waals surface area contributed by atoms with Crippen LogP contribution in [0, 0.1) is 5.92 Å². The van der Waals surface area contributed by atoms with Gasteiger partial charge in [-0.15, -0.1) is 0 Å². The van der Waals surface area contributed by atoms with Gasteiger partial charge >= 0.3 is 35.7 Å². The minimum Gasteiger partial charge on any atom is -0.387 e. The van der Waals surface area contributed by atoms with Crippen molar-refractivity contribution in [3.8, 4) is 0 Å². The largest absolute Gasteiger partial charge is 0.488 e. The highest BCUT2D eigenvalue weighted by Crippen LogP contribution is 2.72. The van der Waals surface area contributed by atoms with Gasteiger partial charge in [-0.25, -0.2) is 38.2 Å². The van der Waals surface area contributed by atoms with Crippen molar-refractivity contribution in [1.82, 2.24) is 53.6 Å². The van der Waals surface area contributed by atoms with Gasteiger partial charge in [0.15, 0.2) is 41.4 Å². The first-order valence-corrected chi connectivity index (χ1v) is 29.6. The third kappa shape index (κ3) is 10.9. The van der Waals surface area contributed by atoms with E-state index >= 15 is 0 Å². The third-order valence-corrected chi connectivity index (χ3v) is 20.8. The number of aryl methyl sites for hydroxylation is 1. The number of methoxy groups -OCH3 is 2. The molecule has 3 aliphatic rings. The quantitative estimate of drug-likeness (QED) is 0.0267. The molecule has 3 aliphatic heterocycles. The number of imidazole rings is 3. The van der Waals surface area contributed by atoms with Crippen molar-refractivity contribution in [3.63, 3.8) is 0 Å². The van der Waals surface area contributed by atoms with Gasteiger partial charge in [-0.1, -0.05) is 4.98 Å². The van der Waals surface area contributed by atoms with E-state index in [0.29, 0.717) is 0 Å². The van der Waals surface area contributed by atoms with Gasteiger partial charge in [0.2, 0.25) is 17.7 Å². The zero-order chi connectivity index (χ0) is 55.0. The maximum Gasteiger partial charge on any atom is 0.488 e. The molecular weight excluding hydrogens is 1130 g/mol. The van der Waals surface area contributed by atoms with Gasteiger partial charge in [-0.3, -0.25) is 42.3 Å². The molecule has 0 amide bonds. The van der Waals surface area contributed by atoms with Crippen LogP contribution in [0.25, 0.3) is 33.5 Å². The fourth-order valence-corrected chi connectivity index (χ4v) is 16.8. The van der Waals surface area contributed by atoms with Crippen LogP contribution in [0.5, 0.6) is 0 Å². The number of phosphoric acid groups is 2. The van der Waals surface area contributed by atoms with E-state index < -0.39 is 133 Å². The predicted molar refractivity (Wildman–Crippen MR) is 254 cm³/mol. The average Bonchev–Trinajstić information content (AvgIpc) is 4.22. The van der Waals surface area contributed by atoms with Crippen LogP contribution in [0.3, 0.4) is 0 Å². The normalized spacial score (nSPS) is 30.2. The molecule has 9 rings (SSSR count). The zero-order valence-electron chi connectivity index (χ0n) is 39.2. The molecule has 3 saturated heterocycles. The lowest BCUT2D eigenvalue weighted by molar-refractivity contribution is -0.745. The molecule has 0 aliphatic carbocycles. The molecule has 6 aromatic rings. The Morgan fingerprint density at radius 2 is 1.41 bits per heavy atom. The van der Waals surface area contributed by atoms with E-state index in [1.807, 2.05) is 0 Å². The molecule has 0 aromatic carbocycles. The van der Waals surface area contributed by atoms with Gasteiger partial charge in [0, 0.05) is 25.9 Å². The van der Waals surface area contributed by atoms with Crippen LogP contribution in [0.2, 0.25) is 0 Å². The topological polar surface area (TPSA) is 533 Å². The molecule has 9 heterocycles. The molecule has 42 heteroatoms. The fraction of sp³-hybridized carbons (Fsp3) is 0.559. The molecule has 0 radical (unpaired) electrons. The van der Waals surface area contributed by atoms with Gasteiger partial charge in [0.05, 0.1) is 45.6 Å². The van der Waals surface area contributed by atoms with Gasteiger partial charge in [0.25, 0.3) is 17.1 Å². The number of nitrogen functional groups attached to an aromatic ring is 3. The van der Waals surface area contributed by atoms with Crippen molar-refractivity contribution in [2.75, 3.05) is 57.0 Å². The Bertz CT molecular complexity index is 3490. The monoisotopic (exact) mass is 1170 g/mol. The van der Waals surface area contributed by atoms with Crippen LogP contribution in [0.15, 0.2) is 34.9 Å². The Balaban J connectivity index is 0.888. The first kappa shape index (κ1) is 56.0. The van der Waals surface area contributed by atoms with Crippen LogP contribution in [-0.2, 0) is 66.7 Å². The Morgan fingerprint density at radius 1 is 0.750 bits per heavy atom. The van der Waals surface area contributed by atoms with Crippen molar-refractivity contribution in [3.05, 3.63) is 46.0 Å². The molecule has 3 fully saturated rings. The lowest BCUT2D eigenvalue weighted by atomic mass is 10.00. The van der Waals surface area contributed by atoms with Crippen LogP contribution < -0.4 is 32.9 Å². The van der Waals surface area contributed by atoms with Gasteiger partial charge in [0.1, 0.15) is 54.1 Å². The number of nitrogens with zero attached hydrogens (tertiary/aromatic N) is 10. The van der Waals surface area contributed by atoms with Crippen molar-refractivity contribution in [2.45, 2.75) is 67.1 Å². The van der Waals surface area contributed by atoms with Crippen molar-refractivity contribution >= 4 is 92.6 Å². The number of fused-ring (bicyclic) bond motifs is 3. The molecule has 6 unspecified atom stereocenters. The number of hydrogen-bond acceptors (Lipinski definition) is 28. The van der Waals surface area contributed by atoms with Crippen LogP contribution in [0.4, 0.5) is 17.7 Å². The van der Waals surface area contributed by atoms with E-state index in [1.165, 1.54) is 34.2 Å². The predicted octanol–water partition coefficient (Wildman–Crippen LogP) is -3.02. The number of nitrogens with two attached hydrogens (primary N) is 3. The summed E-state index contributed by atoms with van der Waals surface area (Å²) in [5, 5.41) is 33.3. The molecule has 0 bridgehead atoms. The lowest BCUT2D eigenvalue weighted by Crippen LogP contribution is -2.45. The Morgan fingerprint density at radius 3 is 2.12 bits per heavy atom. The second-order valence-electron chi connectivity index (χ2n) is 17.1. The number of aromatic amines is 2. The number of H-pyrrole nitrogens is 2. The highest BCUT2D eigenvalue weighted by Gasteiger charge is 2.58. The molecule has 15 N–H and O–H groups in total. The number of hydrogen-bond donors (Lipinski definition) is 12. The maximum absolute atomic E-state index is 14.4. The smallest absolute Gasteiger partial charge is 0.387 e. The first-order chi connectivity index (χ1) is 35.7. The Labute approximate surface area is 427 Å². The molecule has 0 saturated carbocycles. The molecule has 416 valence electrons. The number of aliphatic hydroxyl groups excluding tert-OH is 3. The second kappa shape index (κ2) is 21.2. The third-order valence-electron chi connectivity index (χ3n) is 12.3. The zero-order valence-corrected chi connectivity index (χ0v) is 43.6. The standard InChI is InChI=1S/C34H47N15O22P4S/c1-46-11-49(27-18(46)29(54)45-34(37)43-27)30-19(50)12(4-63-2)15(69-30)7-76-75(61,62)71-74(59,60)70-73(57,58)66-6-14-23(22(64-3)32(68-14)47-9-40-16-24(35)38-8-39-25(16)47)72(55,56)65-5-13-20(51)21(52)31(67-13)48-10-41-17-26(48)42-33(36)44-28(17)53/h8-15,19-23,30-32,50-52H,4-7H2,1-3H3,(H11-,35,36,37,38,39,42,43,44,45,53,54,55,56,57,58,59,60,61,62)/p+1/t12-,13-,14?,15-,19-,20-,21-,22-,23-,30?,31-,32-/m1/s1. The molecule has 6 aromatic heterocycles. The SMILES string of the molecule is COC[C@@H]1[C@@H](CSP(=O)(O)OP(=O)(O)OP(=O)(O)OCC2O[C@@H](n3cnc4c(N)ncnc43)[C@H](OC)[C@@H]2P(=O)(O)OC[C@H]2O[C@@H](n3cnc4c(=O)[nH]c(N)nc43)[C@H](O)[C@@H]2O)OC([n+]2cn(C)c3c(=O)[nH]c(N)nc32)[C@@H]1O. The van der Waals surface area contributed by atoms with E-state index in [1.54, 1.807) is 0 Å². The summed E-state index contributed by atoms with van der Waals surface area (Å²) in [5.41, 5.74) is 13.9. The van der Waals surface area contributed by atoms with Crippen LogP contribution in [-0.4, -0.2) is 177 Å². The Kier molecular flexibility index (Phi) is 15.6. The number of aliphatic hydroxyl groups is 3. The molecule has 0 spiro atoms. The maximum atomic E-state index is 14.4. The second-order valence-corrected chi connectivity index (χ2v) is 26.2. The summed E-state index contributed by atoms with van der Waals surface area (Å²) in [6, 6.07) is 0. The van der Waals surface area contributed by atoms with E-state index in [-0.39, 0.29) is 69.2 Å². The van der Waals surface area contributed by atoms with Crippen molar-refractivity contribution < 1.29 is 99.1 Å². The number of ether oxygens (including phenoxy) is 5. The number of nitrogens with one attached hydrogen (secondary N) is 2. The summed E-state index contributed by atoms with van der Waals surface area (Å²) in [4.78, 5) is 97.5. The first-order valence-electron chi connectivity index (χ1n) is 21.8. The van der Waals surface area contributed by atoms with Crippen molar-refractivity contribution in [2.24, 2.45) is 13.0 Å². The van der Waals surface area contributed by atoms with Crippen LogP contribution >= 0.6 is 41.4 Å². The molecule has 37 nitrogen and oxygen atoms in total. The number of aromatic nitrogens is 12. The highest BCUT2D eigenvalue weighted by atomic mass is 32.7. The molecule has 16 atom stereocenters. The minimum absolute atomic E-state index is 0.000374. The summed E-state index contributed by atoms with van der Waals surface area (Å²) in [5.74, 6) is -2.12. The van der Waals surface area contributed by atoms with Gasteiger partial charge < -0.3 is 80.3 Å². The molecular formula is C34H48N15O22P4S+. The van der Waals surface area contributed by atoms with E-state index in [9.17, 15) is 62.7 Å². The summed E-state index contributed by atoms with van der Waals surface area (Å²) >= 11 is 0.000374. The van der Waals surface area contributed by atoms with Crippen LogP contribution in [0.1, 0.15) is 18.7 Å². The van der Waals surface area contributed by atoms with Crippen molar-refractivity contribution in [1.29, 1.82) is 0 Å². The summed E-state index contributed by atoms with van der Waals surface area (Å²) in [7, 11) is -13.4. The molecule has 76 heavy (non-hydrogen) atoms.